The van der Waals surface area contributed by atoms with Crippen LogP contribution in [0.15, 0.2) is 12.1 Å². The maximum Gasteiger partial charge on any atom is 0.151 e. The highest BCUT2D eigenvalue weighted by Crippen LogP contribution is 2.61. The third kappa shape index (κ3) is 4.82. The van der Waals surface area contributed by atoms with Crippen molar-refractivity contribution in [1.82, 2.24) is 15.1 Å². The van der Waals surface area contributed by atoms with Crippen molar-refractivity contribution in [2.45, 2.75) is 72.1 Å². The minimum absolute atomic E-state index is 0.461. The molecule has 1 atom stereocenters. The minimum Gasteiger partial charge on any atom is -0.355 e. The molecule has 1 saturated carbocycles. The molecular weight excluding hydrogens is 332 g/mol. The molecule has 2 aliphatic heterocycles. The van der Waals surface area contributed by atoms with Crippen LogP contribution >= 0.6 is 0 Å². The summed E-state index contributed by atoms with van der Waals surface area (Å²) in [5.74, 6) is 2.00. The number of nitrogens with zero attached hydrogens (tertiary/aromatic N) is 4. The predicted molar refractivity (Wildman–Crippen MR) is 112 cm³/mol. The number of piperidine rings is 1. The van der Waals surface area contributed by atoms with Crippen LogP contribution in [0.1, 0.15) is 71.4 Å². The smallest absolute Gasteiger partial charge is 0.151 e. The van der Waals surface area contributed by atoms with Gasteiger partial charge in [0, 0.05) is 13.1 Å². The first-order valence-corrected chi connectivity index (χ1v) is 11.2. The van der Waals surface area contributed by atoms with Crippen molar-refractivity contribution < 1.29 is 0 Å². The van der Waals surface area contributed by atoms with Gasteiger partial charge in [-0.15, -0.1) is 5.10 Å². The van der Waals surface area contributed by atoms with E-state index in [9.17, 15) is 0 Å². The van der Waals surface area contributed by atoms with Crippen LogP contribution in [0.25, 0.3) is 0 Å². The largest absolute Gasteiger partial charge is 0.355 e. The lowest BCUT2D eigenvalue weighted by atomic mass is 9.88. The summed E-state index contributed by atoms with van der Waals surface area (Å²) in [7, 11) is 0. The summed E-state index contributed by atoms with van der Waals surface area (Å²) in [4.78, 5) is 5.06. The number of hydrogen-bond donors (Lipinski definition) is 0. The van der Waals surface area contributed by atoms with E-state index in [1.54, 1.807) is 0 Å². The number of anilines is 1. The van der Waals surface area contributed by atoms with Gasteiger partial charge in [0.25, 0.3) is 0 Å². The van der Waals surface area contributed by atoms with E-state index in [0.717, 1.165) is 31.2 Å². The van der Waals surface area contributed by atoms with Crippen LogP contribution in [0.4, 0.5) is 5.82 Å². The van der Waals surface area contributed by atoms with Gasteiger partial charge in [0.05, 0.1) is 5.69 Å². The third-order valence-electron chi connectivity index (χ3n) is 7.27. The molecule has 3 aliphatic rings. The summed E-state index contributed by atoms with van der Waals surface area (Å²) in [5.41, 5.74) is 2.33. The monoisotopic (exact) mass is 370 g/mol. The molecule has 1 aliphatic carbocycles. The Morgan fingerprint density at radius 2 is 1.78 bits per heavy atom. The zero-order chi connectivity index (χ0) is 18.9. The molecule has 3 fully saturated rings. The van der Waals surface area contributed by atoms with Gasteiger partial charge in [-0.1, -0.05) is 20.8 Å². The topological polar surface area (TPSA) is 32.3 Å². The van der Waals surface area contributed by atoms with Gasteiger partial charge in [-0.25, -0.2) is 0 Å². The summed E-state index contributed by atoms with van der Waals surface area (Å²) >= 11 is 0. The quantitative estimate of drug-likeness (QED) is 0.735. The van der Waals surface area contributed by atoms with Crippen LogP contribution in [0, 0.1) is 16.7 Å². The second-order valence-electron chi connectivity index (χ2n) is 10.5. The molecule has 4 heteroatoms. The van der Waals surface area contributed by atoms with Gasteiger partial charge >= 0.3 is 0 Å². The number of aryl methyl sites for hydroxylation is 1. The Balaban J connectivity index is 1.19. The molecule has 1 aromatic heterocycles. The van der Waals surface area contributed by atoms with Crippen LogP contribution in [-0.2, 0) is 6.42 Å². The number of rotatable bonds is 6. The van der Waals surface area contributed by atoms with Crippen molar-refractivity contribution in [3.63, 3.8) is 0 Å². The molecule has 1 aromatic rings. The minimum atomic E-state index is 0.461. The van der Waals surface area contributed by atoms with Crippen LogP contribution in [-0.4, -0.2) is 47.8 Å². The van der Waals surface area contributed by atoms with Crippen molar-refractivity contribution in [2.24, 2.45) is 16.7 Å². The van der Waals surface area contributed by atoms with E-state index < -0.39 is 0 Å². The average Bonchev–Trinajstić information content (AvgIpc) is 3.06. The molecule has 27 heavy (non-hydrogen) atoms. The summed E-state index contributed by atoms with van der Waals surface area (Å²) in [6, 6.07) is 4.40. The Hall–Kier alpha value is -1.16. The molecule has 4 nitrogen and oxygen atoms in total. The first-order chi connectivity index (χ1) is 12.9. The number of aromatic nitrogens is 2. The fraction of sp³-hybridized carbons (Fsp3) is 0.826. The summed E-state index contributed by atoms with van der Waals surface area (Å²) in [6.07, 6.45) is 10.6. The lowest BCUT2D eigenvalue weighted by Gasteiger charge is -2.34. The van der Waals surface area contributed by atoms with Gasteiger partial charge in [0.15, 0.2) is 5.82 Å². The normalized spacial score (nSPS) is 25.3. The highest BCUT2D eigenvalue weighted by molar-refractivity contribution is 5.38. The van der Waals surface area contributed by atoms with Gasteiger partial charge < -0.3 is 9.80 Å². The standard InChI is InChI=1S/C23H38N4/c1-22(2,3)10-15-26-16-11-23(12-17-26)18-19(23)6-7-20-8-9-21(25-24-20)27-13-4-5-14-27/h8-9,19H,4-7,10-18H2,1-3H3. The Morgan fingerprint density at radius 1 is 1.04 bits per heavy atom. The van der Waals surface area contributed by atoms with Gasteiger partial charge in [-0.05, 0) is 99.9 Å². The molecule has 0 radical (unpaired) electrons. The molecule has 0 bridgehead atoms. The summed E-state index contributed by atoms with van der Waals surface area (Å²) in [5, 5.41) is 9.00. The Morgan fingerprint density at radius 3 is 2.41 bits per heavy atom. The van der Waals surface area contributed by atoms with E-state index >= 15 is 0 Å². The lowest BCUT2D eigenvalue weighted by molar-refractivity contribution is 0.145. The SMILES string of the molecule is CC(C)(C)CCN1CCC2(CC1)CC2CCc1ccc(N2CCCC2)nn1. The highest BCUT2D eigenvalue weighted by atomic mass is 15.3. The average molecular weight is 371 g/mol. The van der Waals surface area contributed by atoms with Crippen molar-refractivity contribution in [3.05, 3.63) is 17.8 Å². The van der Waals surface area contributed by atoms with Gasteiger partial charge in [0.2, 0.25) is 0 Å². The van der Waals surface area contributed by atoms with Crippen LogP contribution < -0.4 is 4.90 Å². The van der Waals surface area contributed by atoms with Crippen molar-refractivity contribution in [2.75, 3.05) is 37.6 Å². The van der Waals surface area contributed by atoms with Crippen LogP contribution in [0.2, 0.25) is 0 Å². The van der Waals surface area contributed by atoms with Gasteiger partial charge in [-0.3, -0.25) is 0 Å². The summed E-state index contributed by atoms with van der Waals surface area (Å²) in [6.45, 7) is 13.3. The van der Waals surface area contributed by atoms with E-state index in [1.165, 1.54) is 70.3 Å². The van der Waals surface area contributed by atoms with E-state index in [-0.39, 0.29) is 0 Å². The Bertz CT molecular complexity index is 604. The van der Waals surface area contributed by atoms with Crippen molar-refractivity contribution in [3.8, 4) is 0 Å². The molecule has 0 aromatic carbocycles. The van der Waals surface area contributed by atoms with Gasteiger partial charge in [0.1, 0.15) is 0 Å². The second kappa shape index (κ2) is 7.69. The molecule has 2 saturated heterocycles. The van der Waals surface area contributed by atoms with E-state index in [2.05, 4.69) is 52.9 Å². The zero-order valence-electron chi connectivity index (χ0n) is 17.7. The lowest BCUT2D eigenvalue weighted by Crippen LogP contribution is -2.37. The molecule has 0 amide bonds. The molecule has 1 spiro atoms. The molecule has 4 rings (SSSR count). The van der Waals surface area contributed by atoms with Gasteiger partial charge in [-0.2, -0.15) is 5.10 Å². The van der Waals surface area contributed by atoms with E-state index in [0.29, 0.717) is 10.8 Å². The van der Waals surface area contributed by atoms with E-state index in [1.807, 2.05) is 0 Å². The fourth-order valence-corrected chi connectivity index (χ4v) is 5.09. The zero-order valence-corrected chi connectivity index (χ0v) is 17.7. The Labute approximate surface area is 165 Å². The first-order valence-electron chi connectivity index (χ1n) is 11.2. The highest BCUT2D eigenvalue weighted by Gasteiger charge is 2.53. The first kappa shape index (κ1) is 19.2. The maximum absolute atomic E-state index is 4.52. The van der Waals surface area contributed by atoms with Crippen molar-refractivity contribution >= 4 is 5.82 Å². The molecule has 1 unspecified atom stereocenters. The molecular formula is C23H38N4. The molecule has 0 N–H and O–H groups in total. The molecule has 3 heterocycles. The fourth-order valence-electron chi connectivity index (χ4n) is 5.09. The third-order valence-corrected chi connectivity index (χ3v) is 7.27. The van der Waals surface area contributed by atoms with Crippen molar-refractivity contribution in [1.29, 1.82) is 0 Å². The van der Waals surface area contributed by atoms with Crippen LogP contribution in [0.5, 0.6) is 0 Å². The number of hydrogen-bond acceptors (Lipinski definition) is 4. The second-order valence-corrected chi connectivity index (χ2v) is 10.5. The van der Waals surface area contributed by atoms with Crippen LogP contribution in [0.3, 0.4) is 0 Å². The predicted octanol–water partition coefficient (Wildman–Crippen LogP) is 4.55. The maximum atomic E-state index is 4.52. The van der Waals surface area contributed by atoms with E-state index in [4.69, 9.17) is 0 Å². The number of likely N-dealkylation sites (tertiary alicyclic amines) is 1. The summed E-state index contributed by atoms with van der Waals surface area (Å²) < 4.78 is 0. The molecule has 150 valence electrons. The Kier molecular flexibility index (Phi) is 5.46.